The van der Waals surface area contributed by atoms with Gasteiger partial charge in [-0.2, -0.15) is 0 Å². The Bertz CT molecular complexity index is 260. The highest BCUT2D eigenvalue weighted by atomic mass is 32.1. The number of thiazole rings is 1. The number of hydrogen-bond acceptors (Lipinski definition) is 3. The molecule has 1 rings (SSSR count). The van der Waals surface area contributed by atoms with Crippen molar-refractivity contribution in [1.29, 1.82) is 0 Å². The van der Waals surface area contributed by atoms with Gasteiger partial charge in [-0.3, -0.25) is 0 Å². The Hall–Kier alpha value is -0.410. The molecule has 2 nitrogen and oxygen atoms in total. The van der Waals surface area contributed by atoms with Crippen LogP contribution >= 0.6 is 11.3 Å². The third kappa shape index (κ3) is 4.39. The van der Waals surface area contributed by atoms with E-state index in [1.165, 1.54) is 0 Å². The average Bonchev–Trinajstić information content (AvgIpc) is 2.33. The van der Waals surface area contributed by atoms with Crippen molar-refractivity contribution in [3.63, 3.8) is 0 Å². The Morgan fingerprint density at radius 3 is 2.62 bits per heavy atom. The summed E-state index contributed by atoms with van der Waals surface area (Å²) in [6.07, 6.45) is 0. The van der Waals surface area contributed by atoms with Crippen molar-refractivity contribution in [2.45, 2.75) is 34.2 Å². The van der Waals surface area contributed by atoms with Crippen molar-refractivity contribution in [3.05, 3.63) is 16.1 Å². The van der Waals surface area contributed by atoms with Crippen molar-refractivity contribution in [3.8, 4) is 0 Å². The maximum atomic E-state index is 4.39. The molecule has 1 N–H and O–H groups in total. The molecule has 3 heteroatoms. The molecule has 0 fully saturated rings. The summed E-state index contributed by atoms with van der Waals surface area (Å²) in [6, 6.07) is 0. The van der Waals surface area contributed by atoms with Crippen LogP contribution in [-0.4, -0.2) is 11.5 Å². The third-order valence-corrected chi connectivity index (χ3v) is 2.45. The van der Waals surface area contributed by atoms with E-state index in [-0.39, 0.29) is 0 Å². The molecule has 13 heavy (non-hydrogen) atoms. The first-order valence-corrected chi connectivity index (χ1v) is 5.47. The first kappa shape index (κ1) is 10.7. The smallest absolute Gasteiger partial charge is 0.0897 e. The molecule has 0 amide bonds. The molecule has 74 valence electrons. The number of nitrogens with one attached hydrogen (secondary N) is 1. The molecule has 1 heterocycles. The van der Waals surface area contributed by atoms with Gasteiger partial charge in [-0.1, -0.05) is 20.8 Å². The third-order valence-electron chi connectivity index (χ3n) is 1.63. The van der Waals surface area contributed by atoms with Gasteiger partial charge in [-0.15, -0.1) is 11.3 Å². The fraction of sp³-hybridized carbons (Fsp3) is 0.700. The van der Waals surface area contributed by atoms with E-state index in [2.05, 4.69) is 36.5 Å². The van der Waals surface area contributed by atoms with Crippen LogP contribution < -0.4 is 5.32 Å². The van der Waals surface area contributed by atoms with Crippen LogP contribution in [0.5, 0.6) is 0 Å². The average molecular weight is 198 g/mol. The number of aromatic nitrogens is 1. The van der Waals surface area contributed by atoms with Crippen molar-refractivity contribution in [2.75, 3.05) is 6.54 Å². The van der Waals surface area contributed by atoms with Gasteiger partial charge in [0.05, 0.1) is 10.7 Å². The summed E-state index contributed by atoms with van der Waals surface area (Å²) in [5.41, 5.74) is 1.51. The van der Waals surface area contributed by atoms with Gasteiger partial charge in [0.1, 0.15) is 0 Å². The van der Waals surface area contributed by atoms with Gasteiger partial charge in [0.25, 0.3) is 0 Å². The monoisotopic (exact) mass is 198 g/mol. The molecule has 0 unspecified atom stereocenters. The Balaban J connectivity index is 2.28. The van der Waals surface area contributed by atoms with Gasteiger partial charge in [-0.25, -0.2) is 4.98 Å². The highest BCUT2D eigenvalue weighted by molar-refractivity contribution is 7.09. The molecule has 0 aliphatic carbocycles. The summed E-state index contributed by atoms with van der Waals surface area (Å²) in [5, 5.41) is 6.66. The molecule has 0 atom stereocenters. The summed E-state index contributed by atoms with van der Waals surface area (Å²) in [4.78, 5) is 4.39. The van der Waals surface area contributed by atoms with Gasteiger partial charge in [0, 0.05) is 18.5 Å². The SMILES string of the molecule is Cc1nc(CNCC(C)(C)C)cs1. The summed E-state index contributed by atoms with van der Waals surface area (Å²) in [6.45, 7) is 10.6. The van der Waals surface area contributed by atoms with Crippen LogP contribution in [0.3, 0.4) is 0 Å². The molecule has 1 aromatic heterocycles. The molecule has 0 aliphatic rings. The molecular formula is C10H18N2S. The largest absolute Gasteiger partial charge is 0.311 e. The lowest BCUT2D eigenvalue weighted by atomic mass is 9.97. The van der Waals surface area contributed by atoms with Crippen LogP contribution in [0.25, 0.3) is 0 Å². The Morgan fingerprint density at radius 2 is 2.15 bits per heavy atom. The van der Waals surface area contributed by atoms with E-state index in [9.17, 15) is 0 Å². The predicted octanol–water partition coefficient (Wildman–Crippen LogP) is 2.59. The second-order valence-corrected chi connectivity index (χ2v) is 5.58. The standard InChI is InChI=1S/C10H18N2S/c1-8-12-9(6-13-8)5-11-7-10(2,3)4/h6,11H,5,7H2,1-4H3. The van der Waals surface area contributed by atoms with E-state index < -0.39 is 0 Å². The Morgan fingerprint density at radius 1 is 1.46 bits per heavy atom. The van der Waals surface area contributed by atoms with Crippen LogP contribution in [0.15, 0.2) is 5.38 Å². The second kappa shape index (κ2) is 4.20. The maximum Gasteiger partial charge on any atom is 0.0897 e. The number of nitrogens with zero attached hydrogens (tertiary/aromatic N) is 1. The lowest BCUT2D eigenvalue weighted by molar-refractivity contribution is 0.378. The second-order valence-electron chi connectivity index (χ2n) is 4.52. The summed E-state index contributed by atoms with van der Waals surface area (Å²) in [5.74, 6) is 0. The zero-order valence-corrected chi connectivity index (χ0v) is 9.66. The fourth-order valence-corrected chi connectivity index (χ4v) is 1.67. The van der Waals surface area contributed by atoms with E-state index in [0.717, 1.165) is 23.8 Å². The van der Waals surface area contributed by atoms with Crippen LogP contribution in [-0.2, 0) is 6.54 Å². The highest BCUT2D eigenvalue weighted by Crippen LogP contribution is 2.11. The quantitative estimate of drug-likeness (QED) is 0.807. The lowest BCUT2D eigenvalue weighted by Crippen LogP contribution is -2.26. The maximum absolute atomic E-state index is 4.39. The molecule has 0 saturated heterocycles. The van der Waals surface area contributed by atoms with E-state index >= 15 is 0 Å². The first-order chi connectivity index (χ1) is 5.97. The van der Waals surface area contributed by atoms with Gasteiger partial charge >= 0.3 is 0 Å². The summed E-state index contributed by atoms with van der Waals surface area (Å²) >= 11 is 1.71. The number of hydrogen-bond donors (Lipinski definition) is 1. The van der Waals surface area contributed by atoms with Crippen LogP contribution in [0, 0.1) is 12.3 Å². The Labute approximate surface area is 84.4 Å². The minimum Gasteiger partial charge on any atom is -0.311 e. The Kier molecular flexibility index (Phi) is 3.45. The van der Waals surface area contributed by atoms with Crippen molar-refractivity contribution < 1.29 is 0 Å². The lowest BCUT2D eigenvalue weighted by Gasteiger charge is -2.18. The van der Waals surface area contributed by atoms with E-state index in [0.29, 0.717) is 5.41 Å². The number of rotatable bonds is 3. The van der Waals surface area contributed by atoms with Crippen LogP contribution in [0.2, 0.25) is 0 Å². The molecule has 0 saturated carbocycles. The van der Waals surface area contributed by atoms with E-state index in [4.69, 9.17) is 0 Å². The molecular weight excluding hydrogens is 180 g/mol. The highest BCUT2D eigenvalue weighted by Gasteiger charge is 2.09. The molecule has 0 aromatic carbocycles. The fourth-order valence-electron chi connectivity index (χ4n) is 1.06. The van der Waals surface area contributed by atoms with Crippen molar-refractivity contribution >= 4 is 11.3 Å². The van der Waals surface area contributed by atoms with Gasteiger partial charge in [0.2, 0.25) is 0 Å². The van der Waals surface area contributed by atoms with Crippen LogP contribution in [0.1, 0.15) is 31.5 Å². The van der Waals surface area contributed by atoms with E-state index in [1.807, 2.05) is 6.92 Å². The minimum atomic E-state index is 0.352. The molecule has 1 aromatic rings. The predicted molar refractivity (Wildman–Crippen MR) is 58.0 cm³/mol. The molecule has 0 bridgehead atoms. The van der Waals surface area contributed by atoms with Gasteiger partial charge in [-0.05, 0) is 12.3 Å². The first-order valence-electron chi connectivity index (χ1n) is 4.59. The number of aryl methyl sites for hydroxylation is 1. The zero-order valence-electron chi connectivity index (χ0n) is 8.85. The molecule has 0 spiro atoms. The van der Waals surface area contributed by atoms with E-state index in [1.54, 1.807) is 11.3 Å². The summed E-state index contributed by atoms with van der Waals surface area (Å²) in [7, 11) is 0. The summed E-state index contributed by atoms with van der Waals surface area (Å²) < 4.78 is 0. The normalized spacial score (nSPS) is 12.0. The zero-order chi connectivity index (χ0) is 9.90. The van der Waals surface area contributed by atoms with Gasteiger partial charge in [0.15, 0.2) is 0 Å². The van der Waals surface area contributed by atoms with Gasteiger partial charge < -0.3 is 5.32 Å². The topological polar surface area (TPSA) is 24.9 Å². The van der Waals surface area contributed by atoms with Crippen molar-refractivity contribution in [2.24, 2.45) is 5.41 Å². The minimum absolute atomic E-state index is 0.352. The molecule has 0 aliphatic heterocycles. The van der Waals surface area contributed by atoms with Crippen molar-refractivity contribution in [1.82, 2.24) is 10.3 Å². The molecule has 0 radical (unpaired) electrons. The van der Waals surface area contributed by atoms with Crippen LogP contribution in [0.4, 0.5) is 0 Å².